The Labute approximate surface area is 163 Å². The van der Waals surface area contributed by atoms with Crippen LogP contribution in [0.4, 0.5) is 0 Å². The van der Waals surface area contributed by atoms with Crippen LogP contribution in [0.3, 0.4) is 0 Å². The third-order valence-corrected chi connectivity index (χ3v) is 4.61. The van der Waals surface area contributed by atoms with Gasteiger partial charge in [-0.3, -0.25) is 19.3 Å². The van der Waals surface area contributed by atoms with Gasteiger partial charge in [0.15, 0.2) is 0 Å². The number of ether oxygens (including phenoxy) is 2. The number of carbonyl (C=O) groups is 3. The lowest BCUT2D eigenvalue weighted by atomic mass is 9.98. The summed E-state index contributed by atoms with van der Waals surface area (Å²) >= 11 is 0. The molecule has 1 aliphatic heterocycles. The maximum Gasteiger partial charge on any atom is 0.261 e. The van der Waals surface area contributed by atoms with E-state index in [1.54, 1.807) is 62.7 Å². The van der Waals surface area contributed by atoms with E-state index in [2.05, 4.69) is 0 Å². The average Bonchev–Trinajstić information content (AvgIpc) is 2.71. The fraction of sp³-hybridized carbons (Fsp3) is 0.286. The average molecular weight is 382 g/mol. The number of hydrogen-bond donors (Lipinski definition) is 0. The lowest BCUT2D eigenvalue weighted by molar-refractivity contribution is -0.137. The molecule has 0 fully saturated rings. The van der Waals surface area contributed by atoms with E-state index in [4.69, 9.17) is 9.47 Å². The van der Waals surface area contributed by atoms with Crippen molar-refractivity contribution in [2.75, 3.05) is 33.9 Å². The van der Waals surface area contributed by atoms with Gasteiger partial charge in [-0.1, -0.05) is 18.2 Å². The van der Waals surface area contributed by atoms with Gasteiger partial charge in [-0.25, -0.2) is 0 Å². The van der Waals surface area contributed by atoms with Crippen LogP contribution < -0.4 is 9.47 Å². The molecule has 0 N–H and O–H groups in total. The molecular formula is C21H22N2O5. The molecule has 7 nitrogen and oxygen atoms in total. The molecule has 0 aromatic heterocycles. The molecule has 0 spiro atoms. The van der Waals surface area contributed by atoms with E-state index in [0.717, 1.165) is 10.6 Å². The van der Waals surface area contributed by atoms with Crippen molar-refractivity contribution >= 4 is 17.7 Å². The van der Waals surface area contributed by atoms with E-state index in [9.17, 15) is 14.4 Å². The number of benzene rings is 2. The number of hydrogen-bond acceptors (Lipinski definition) is 5. The molecule has 0 unspecified atom stereocenters. The SMILES string of the molecule is COc1ccc(OCCN(C)C(=O)CN2C(=O)Cc3ccccc3C2=O)cc1. The largest absolute Gasteiger partial charge is 0.497 e. The molecule has 7 heteroatoms. The summed E-state index contributed by atoms with van der Waals surface area (Å²) in [5.41, 5.74) is 1.17. The van der Waals surface area contributed by atoms with Crippen LogP contribution in [0, 0.1) is 0 Å². The predicted octanol–water partition coefficient (Wildman–Crippen LogP) is 1.76. The third kappa shape index (κ3) is 4.31. The summed E-state index contributed by atoms with van der Waals surface area (Å²) in [6.07, 6.45) is 0.124. The van der Waals surface area contributed by atoms with E-state index < -0.39 is 5.91 Å². The minimum Gasteiger partial charge on any atom is -0.497 e. The molecule has 3 rings (SSSR count). The summed E-state index contributed by atoms with van der Waals surface area (Å²) in [6.45, 7) is 0.349. The third-order valence-electron chi connectivity index (χ3n) is 4.61. The molecule has 2 aromatic carbocycles. The number of likely N-dealkylation sites (N-methyl/N-ethyl adjacent to an activating group) is 1. The number of fused-ring (bicyclic) bond motifs is 1. The number of amides is 3. The Morgan fingerprint density at radius 2 is 1.75 bits per heavy atom. The molecule has 1 heterocycles. The van der Waals surface area contributed by atoms with Crippen LogP contribution in [0.15, 0.2) is 48.5 Å². The lowest BCUT2D eigenvalue weighted by Crippen LogP contribution is -2.48. The molecule has 0 bridgehead atoms. The van der Waals surface area contributed by atoms with E-state index >= 15 is 0 Å². The van der Waals surface area contributed by atoms with Crippen molar-refractivity contribution in [2.24, 2.45) is 0 Å². The molecule has 2 aromatic rings. The smallest absolute Gasteiger partial charge is 0.261 e. The molecule has 3 amide bonds. The highest BCUT2D eigenvalue weighted by Gasteiger charge is 2.32. The summed E-state index contributed by atoms with van der Waals surface area (Å²) in [5, 5.41) is 0. The van der Waals surface area contributed by atoms with Crippen molar-refractivity contribution in [3.63, 3.8) is 0 Å². The number of methoxy groups -OCH3 is 1. The standard InChI is InChI=1S/C21H22N2O5/c1-22(11-12-28-17-9-7-16(27-2)8-10-17)20(25)14-23-19(24)13-15-5-3-4-6-18(15)21(23)26/h3-10H,11-14H2,1-2H3. The highest BCUT2D eigenvalue weighted by molar-refractivity contribution is 6.11. The zero-order chi connectivity index (χ0) is 20.1. The van der Waals surface area contributed by atoms with Crippen molar-refractivity contribution in [3.05, 3.63) is 59.7 Å². The first kappa shape index (κ1) is 19.4. The van der Waals surface area contributed by atoms with Gasteiger partial charge in [0.05, 0.1) is 20.1 Å². The summed E-state index contributed by atoms with van der Waals surface area (Å²) < 4.78 is 10.7. The Bertz CT molecular complexity index is 879. The molecule has 1 aliphatic rings. The van der Waals surface area contributed by atoms with E-state index in [0.29, 0.717) is 30.0 Å². The van der Waals surface area contributed by atoms with Gasteiger partial charge in [-0.05, 0) is 35.9 Å². The maximum absolute atomic E-state index is 12.5. The number of carbonyl (C=O) groups excluding carboxylic acids is 3. The van der Waals surface area contributed by atoms with Crippen LogP contribution in [-0.2, 0) is 16.0 Å². The monoisotopic (exact) mass is 382 g/mol. The van der Waals surface area contributed by atoms with Crippen molar-refractivity contribution in [3.8, 4) is 11.5 Å². The molecule has 146 valence electrons. The molecule has 0 aliphatic carbocycles. The van der Waals surface area contributed by atoms with Gasteiger partial charge in [0.2, 0.25) is 11.8 Å². The minimum absolute atomic E-state index is 0.124. The van der Waals surface area contributed by atoms with Crippen LogP contribution >= 0.6 is 0 Å². The number of imide groups is 1. The topological polar surface area (TPSA) is 76.2 Å². The Morgan fingerprint density at radius 1 is 1.07 bits per heavy atom. The van der Waals surface area contributed by atoms with Gasteiger partial charge in [-0.2, -0.15) is 0 Å². The minimum atomic E-state index is -0.428. The van der Waals surface area contributed by atoms with Crippen molar-refractivity contribution in [1.29, 1.82) is 0 Å². The maximum atomic E-state index is 12.5. The Hall–Kier alpha value is -3.35. The molecule has 0 saturated carbocycles. The van der Waals surface area contributed by atoms with Gasteiger partial charge < -0.3 is 14.4 Å². The molecule has 0 atom stereocenters. The zero-order valence-corrected chi connectivity index (χ0v) is 15.9. The second-order valence-electron chi connectivity index (χ2n) is 6.46. The van der Waals surface area contributed by atoms with Crippen LogP contribution in [0.1, 0.15) is 15.9 Å². The quantitative estimate of drug-likeness (QED) is 0.682. The van der Waals surface area contributed by atoms with Crippen LogP contribution in [0.5, 0.6) is 11.5 Å². The molecular weight excluding hydrogens is 360 g/mol. The number of rotatable bonds is 7. The van der Waals surface area contributed by atoms with Crippen molar-refractivity contribution in [1.82, 2.24) is 9.80 Å². The first-order valence-corrected chi connectivity index (χ1v) is 8.93. The van der Waals surface area contributed by atoms with Crippen LogP contribution in [0.2, 0.25) is 0 Å². The molecule has 0 saturated heterocycles. The first-order chi connectivity index (χ1) is 13.5. The van der Waals surface area contributed by atoms with Gasteiger partial charge in [0, 0.05) is 12.6 Å². The summed E-state index contributed by atoms with van der Waals surface area (Å²) in [4.78, 5) is 39.7. The second-order valence-corrected chi connectivity index (χ2v) is 6.46. The highest BCUT2D eigenvalue weighted by Crippen LogP contribution is 2.20. The van der Waals surface area contributed by atoms with Gasteiger partial charge in [-0.15, -0.1) is 0 Å². The number of nitrogens with zero attached hydrogens (tertiary/aromatic N) is 2. The second kappa shape index (κ2) is 8.56. The normalized spacial score (nSPS) is 13.1. The van der Waals surface area contributed by atoms with Gasteiger partial charge >= 0.3 is 0 Å². The molecule has 28 heavy (non-hydrogen) atoms. The Morgan fingerprint density at radius 3 is 2.46 bits per heavy atom. The Balaban J connectivity index is 1.52. The fourth-order valence-corrected chi connectivity index (χ4v) is 2.91. The van der Waals surface area contributed by atoms with Crippen LogP contribution in [0.25, 0.3) is 0 Å². The summed E-state index contributed by atoms with van der Waals surface area (Å²) in [5.74, 6) is 0.291. The van der Waals surface area contributed by atoms with Gasteiger partial charge in [0.1, 0.15) is 24.7 Å². The van der Waals surface area contributed by atoms with E-state index in [1.807, 2.05) is 0 Å². The van der Waals surface area contributed by atoms with E-state index in [-0.39, 0.29) is 24.8 Å². The van der Waals surface area contributed by atoms with Gasteiger partial charge in [0.25, 0.3) is 5.91 Å². The fourth-order valence-electron chi connectivity index (χ4n) is 2.91. The van der Waals surface area contributed by atoms with E-state index in [1.165, 1.54) is 4.90 Å². The lowest BCUT2D eigenvalue weighted by Gasteiger charge is -2.28. The highest BCUT2D eigenvalue weighted by atomic mass is 16.5. The summed E-state index contributed by atoms with van der Waals surface area (Å²) in [7, 11) is 3.21. The molecule has 0 radical (unpaired) electrons. The van der Waals surface area contributed by atoms with Crippen LogP contribution in [-0.4, -0.2) is 61.4 Å². The van der Waals surface area contributed by atoms with Crippen molar-refractivity contribution < 1.29 is 23.9 Å². The predicted molar refractivity (Wildman–Crippen MR) is 102 cm³/mol. The Kier molecular flexibility index (Phi) is 5.93. The first-order valence-electron chi connectivity index (χ1n) is 8.93. The van der Waals surface area contributed by atoms with Crippen molar-refractivity contribution in [2.45, 2.75) is 6.42 Å². The zero-order valence-electron chi connectivity index (χ0n) is 15.9. The summed E-state index contributed by atoms with van der Waals surface area (Å²) in [6, 6.07) is 14.1.